The van der Waals surface area contributed by atoms with Crippen molar-refractivity contribution < 1.29 is 54.5 Å². The molecule has 14 rings (SSSR count). The highest BCUT2D eigenvalue weighted by Gasteiger charge is 2.41. The Morgan fingerprint density at radius 3 is 1.82 bits per heavy atom. The third kappa shape index (κ3) is 9.36. The molecule has 0 N–H and O–H groups in total. The summed E-state index contributed by atoms with van der Waals surface area (Å²) in [6.07, 6.45) is 4.58. The smallest absolute Gasteiger partial charge is 0.269 e. The van der Waals surface area contributed by atoms with Crippen LogP contribution in [-0.4, -0.2) is 22.2 Å². The van der Waals surface area contributed by atoms with Crippen LogP contribution < -0.4 is 30.1 Å². The van der Waals surface area contributed by atoms with E-state index in [4.69, 9.17) is 41.2 Å². The molecular weight excluding hydrogens is 1050 g/mol. The molecule has 0 aliphatic carbocycles. The lowest BCUT2D eigenvalue weighted by molar-refractivity contribution is -0.572. The van der Waals surface area contributed by atoms with Gasteiger partial charge in [-0.05, 0) is 145 Å². The number of benzene rings is 11. The van der Waals surface area contributed by atoms with Crippen LogP contribution >= 0.6 is 0 Å². The van der Waals surface area contributed by atoms with E-state index in [9.17, 15) is 13.7 Å². The largest absolute Gasteiger partial charge is 0.458 e. The molecule has 0 atom stereocenters. The van der Waals surface area contributed by atoms with Gasteiger partial charge >= 0.3 is 0 Å². The number of pyridine rings is 1. The second kappa shape index (κ2) is 21.6. The molecule has 5 nitrogen and oxygen atoms in total. The van der Waals surface area contributed by atoms with Gasteiger partial charge in [0.25, 0.3) is 6.33 Å². The van der Waals surface area contributed by atoms with Gasteiger partial charge in [0.2, 0.25) is 0 Å². The molecule has 14 aromatic rings. The number of nitrogens with zero attached hydrogens (tertiary/aromatic N) is 4. The van der Waals surface area contributed by atoms with E-state index >= 15 is 0 Å². The molecule has 410 valence electrons. The number of hydrogen-bond donors (Lipinski definition) is 0. The maximum Gasteiger partial charge on any atom is 0.269 e. The third-order valence-electron chi connectivity index (χ3n) is 14.8. The zero-order chi connectivity index (χ0) is 86.2. The second-order valence-electron chi connectivity index (χ2n) is 20.9. The highest BCUT2D eigenvalue weighted by atomic mass is 28.3. The van der Waals surface area contributed by atoms with Gasteiger partial charge in [0.1, 0.15) is 17.3 Å². The van der Waals surface area contributed by atoms with Crippen molar-refractivity contribution in [2.75, 3.05) is 0 Å². The number of aromatic nitrogens is 4. The Morgan fingerprint density at radius 1 is 0.506 bits per heavy atom. The van der Waals surface area contributed by atoms with Crippen LogP contribution in [0.4, 0.5) is 0 Å². The van der Waals surface area contributed by atoms with Gasteiger partial charge in [-0.3, -0.25) is 13.7 Å². The summed E-state index contributed by atoms with van der Waals surface area (Å²) in [6, 6.07) is 8.26. The Morgan fingerprint density at radius 2 is 1.13 bits per heavy atom. The summed E-state index contributed by atoms with van der Waals surface area (Å²) < 4.78 is 314. The number of fused-ring (bicyclic) bond motifs is 4. The summed E-state index contributed by atoms with van der Waals surface area (Å²) in [5, 5.41) is -2.81. The number of para-hydroxylation sites is 2. The number of aryl methyl sites for hydroxylation is 3. The van der Waals surface area contributed by atoms with Gasteiger partial charge in [-0.1, -0.05) is 239 Å². The van der Waals surface area contributed by atoms with Crippen LogP contribution in [-0.2, 0) is 5.41 Å². The molecule has 0 fully saturated rings. The molecule has 0 bridgehead atoms. The third-order valence-corrected chi connectivity index (χ3v) is 18.8. The van der Waals surface area contributed by atoms with Crippen LogP contribution in [0.3, 0.4) is 0 Å². The van der Waals surface area contributed by atoms with Gasteiger partial charge in [0, 0.05) is 40.9 Å². The van der Waals surface area contributed by atoms with Crippen molar-refractivity contribution in [3.63, 3.8) is 0 Å². The molecule has 0 unspecified atom stereocenters. The molecule has 3 heterocycles. The van der Waals surface area contributed by atoms with Crippen molar-refractivity contribution >= 4 is 61.7 Å². The average Bonchev–Trinajstić information content (AvgIpc) is 0.796. The first-order valence-corrected chi connectivity index (χ1v) is 28.6. The van der Waals surface area contributed by atoms with E-state index in [0.717, 1.165) is 6.20 Å². The van der Waals surface area contributed by atoms with Gasteiger partial charge < -0.3 is 4.74 Å². The van der Waals surface area contributed by atoms with E-state index in [1.165, 1.54) is 63.7 Å². The fraction of sp³-hybridized carbons (Fsp3) is 0.0886. The number of ether oxygens (including phenoxy) is 1. The molecule has 0 saturated heterocycles. The zero-order valence-corrected chi connectivity index (χ0v) is 46.4. The van der Waals surface area contributed by atoms with Crippen molar-refractivity contribution in [2.45, 2.75) is 46.7 Å². The monoisotopic (exact) mass is 1150 g/mol. The highest BCUT2D eigenvalue weighted by Crippen LogP contribution is 2.39. The quantitative estimate of drug-likeness (QED) is 0.0529. The van der Waals surface area contributed by atoms with Crippen LogP contribution in [0.15, 0.2) is 279 Å². The van der Waals surface area contributed by atoms with Crippen LogP contribution in [0, 0.1) is 26.9 Å². The first-order chi connectivity index (χ1) is 55.1. The fourth-order valence-corrected chi connectivity index (χ4v) is 14.6. The molecule has 0 aliphatic heterocycles. The minimum Gasteiger partial charge on any atom is -0.458 e. The lowest BCUT2D eigenvalue weighted by Crippen LogP contribution is -2.74. The van der Waals surface area contributed by atoms with Gasteiger partial charge in [-0.15, -0.1) is 0 Å². The zero-order valence-electron chi connectivity index (χ0n) is 78.4. The summed E-state index contributed by atoms with van der Waals surface area (Å²) in [7, 11) is -6.37. The lowest BCUT2D eigenvalue weighted by atomic mass is 9.83. The number of imidazole rings is 1. The van der Waals surface area contributed by atoms with Crippen molar-refractivity contribution in [3.05, 3.63) is 307 Å². The summed E-state index contributed by atoms with van der Waals surface area (Å²) in [5.74, 6) is 0.406. The van der Waals surface area contributed by atoms with E-state index in [-0.39, 0.29) is 84.2 Å². The Hall–Kier alpha value is -10.1. The Labute approximate surface area is 545 Å². The van der Waals surface area contributed by atoms with Crippen molar-refractivity contribution in [3.8, 4) is 62.1 Å². The minimum atomic E-state index is -6.37. The van der Waals surface area contributed by atoms with E-state index in [1.54, 1.807) is 92.1 Å². The van der Waals surface area contributed by atoms with Gasteiger partial charge in [0.05, 0.1) is 66.3 Å². The Bertz CT molecular complexity index is 6360. The molecule has 0 amide bonds. The van der Waals surface area contributed by atoms with Gasteiger partial charge in [-0.25, -0.2) is 4.98 Å². The minimum absolute atomic E-state index is 0.0173. The molecule has 0 aliphatic rings. The summed E-state index contributed by atoms with van der Waals surface area (Å²) in [4.78, 5) is 4.70. The van der Waals surface area contributed by atoms with Crippen LogP contribution in [0.1, 0.15) is 88.3 Å². The highest BCUT2D eigenvalue weighted by molar-refractivity contribution is 7.19. The van der Waals surface area contributed by atoms with E-state index in [2.05, 4.69) is 6.33 Å². The predicted molar refractivity (Wildman–Crippen MR) is 355 cm³/mol. The van der Waals surface area contributed by atoms with Crippen molar-refractivity contribution in [1.29, 1.82) is 0 Å². The Kier molecular flexibility index (Phi) is 7.09. The molecule has 11 aromatic carbocycles. The first kappa shape index (κ1) is 28.0. The van der Waals surface area contributed by atoms with Crippen molar-refractivity contribution in [2.24, 2.45) is 0 Å². The summed E-state index contributed by atoms with van der Waals surface area (Å²) in [5.41, 5.74) is -1.67. The molecule has 0 saturated carbocycles. The normalized spacial score (nSPS) is 17.8. The van der Waals surface area contributed by atoms with E-state index in [0.29, 0.717) is 27.4 Å². The molecule has 6 heteroatoms. The average molecular weight is 1150 g/mol. The Balaban J connectivity index is 1.05. The van der Waals surface area contributed by atoms with Crippen molar-refractivity contribution in [1.82, 2.24) is 14.1 Å². The fourth-order valence-electron chi connectivity index (χ4n) is 11.0. The van der Waals surface area contributed by atoms with Gasteiger partial charge in [-0.2, -0.15) is 0 Å². The molecule has 85 heavy (non-hydrogen) atoms. The lowest BCUT2D eigenvalue weighted by Gasteiger charge is -2.35. The van der Waals surface area contributed by atoms with Crippen LogP contribution in [0.5, 0.6) is 11.5 Å². The summed E-state index contributed by atoms with van der Waals surface area (Å²) >= 11 is 0. The summed E-state index contributed by atoms with van der Waals surface area (Å²) in [6.45, 7) is -3.36. The first-order valence-electron chi connectivity index (χ1n) is 43.1. The van der Waals surface area contributed by atoms with E-state index < -0.39 is 205 Å². The van der Waals surface area contributed by atoms with Crippen LogP contribution in [0.2, 0.25) is 0 Å². The van der Waals surface area contributed by atoms with Crippen LogP contribution in [0.25, 0.3) is 83.4 Å². The maximum atomic E-state index is 10.9. The molecule has 3 aromatic heterocycles. The van der Waals surface area contributed by atoms with E-state index in [1.807, 2.05) is 6.07 Å². The predicted octanol–water partition coefficient (Wildman–Crippen LogP) is 16.6. The SMILES string of the molecule is [2H]c1c([2H])c([2H])c(-c2cnc(-n3c4ccccc4c4ccc(Oc5cccc(-n6[c-][n+](-c7c(-c8c([2H])c([2H])c([2H])c([Si](c9c([2H])c([2H])c([2H])c([2H])c9[2H])(c9c([2H])c([2H])c([2H])c([2H])c9[2H])c9c([2H])c([2H])c([2H])c([2H])c9[2H])c8[2H])cccc7C(C)(C)C)c7ccc(-c8c(C([2H])([2H])[2H])cccc8C([2H])([2H])[2H])cc76)c5)cc43)cc2C([2H])([2H])[2H])c([2H])c1[2H]. The standard InChI is InChI=1S/C79H64N4OSi/c1-54-25-21-26-55(2)77(54)59-43-46-73-75(49-59)81(60-30-23-31-61(50-60)84-62-44-45-69-68-39-19-20-42-72(68)83(74(69)51-62)76-47-56(3)70(52-80-76)57-27-11-7-12-28-57)53-82(73)78-67(40-24-41-71(78)79(4,5)6)58-29-22-38-66(48-58)85(63-32-13-8-14-33-63,64-34-15-9-16-35-64)65-36-17-10-18-37-65/h7-52H,1-6H3/i1D3,2D3,3D3,7D,8D,9D,10D,11D,12D,13D,14D,15D,16D,17D,18D,22D,27D,28D,29D,32D,33D,34D,35D,36D,37D,38D,48D. The second-order valence-corrected chi connectivity index (χ2v) is 24.4. The molecule has 0 spiro atoms. The molecule has 0 radical (unpaired) electrons. The maximum absolute atomic E-state index is 10.9. The molecular formula is C79H64N4OSi. The number of hydrogen-bond acceptors (Lipinski definition) is 2. The topological polar surface area (TPSA) is 35.9 Å². The van der Waals surface area contributed by atoms with Gasteiger partial charge in [0.15, 0.2) is 8.07 Å². The number of rotatable bonds is 12.